The van der Waals surface area contributed by atoms with Crippen molar-refractivity contribution < 1.29 is 9.59 Å². The molecule has 1 aromatic carbocycles. The zero-order valence-corrected chi connectivity index (χ0v) is 11.8. The Morgan fingerprint density at radius 1 is 1.33 bits per heavy atom. The van der Waals surface area contributed by atoms with Crippen LogP contribution in [0.2, 0.25) is 0 Å². The fraction of sp³-hybridized carbons (Fsp3) is 0.214. The van der Waals surface area contributed by atoms with E-state index in [9.17, 15) is 9.59 Å². The average molecular weight is 287 g/mol. The van der Waals surface area contributed by atoms with Crippen LogP contribution < -0.4 is 16.8 Å². The quantitative estimate of drug-likeness (QED) is 0.679. The van der Waals surface area contributed by atoms with Gasteiger partial charge in [0.2, 0.25) is 5.91 Å². The summed E-state index contributed by atoms with van der Waals surface area (Å²) in [6.45, 7) is 3.89. The Balaban J connectivity index is 2.22. The summed E-state index contributed by atoms with van der Waals surface area (Å²) in [6.07, 6.45) is 0. The number of aromatic nitrogens is 2. The number of nitrogens with zero attached hydrogens (tertiary/aromatic N) is 1. The number of hydrogen-bond acceptors (Lipinski definition) is 4. The van der Waals surface area contributed by atoms with Crippen molar-refractivity contribution in [2.45, 2.75) is 19.8 Å². The van der Waals surface area contributed by atoms with Gasteiger partial charge in [-0.25, -0.2) is 0 Å². The Morgan fingerprint density at radius 3 is 2.62 bits per heavy atom. The van der Waals surface area contributed by atoms with Gasteiger partial charge in [0.25, 0.3) is 5.91 Å². The number of aromatic amines is 1. The number of carbonyl (C=O) groups is 2. The molecular formula is C14H17N5O2. The van der Waals surface area contributed by atoms with Crippen molar-refractivity contribution in [2.75, 3.05) is 11.1 Å². The summed E-state index contributed by atoms with van der Waals surface area (Å²) < 4.78 is 0. The minimum Gasteiger partial charge on any atom is -0.395 e. The van der Waals surface area contributed by atoms with E-state index in [1.165, 1.54) is 6.07 Å². The van der Waals surface area contributed by atoms with Crippen molar-refractivity contribution in [3.63, 3.8) is 0 Å². The lowest BCUT2D eigenvalue weighted by Gasteiger charge is -2.06. The summed E-state index contributed by atoms with van der Waals surface area (Å²) in [5, 5.41) is 9.33. The number of anilines is 2. The molecule has 0 aliphatic heterocycles. The number of benzene rings is 1. The van der Waals surface area contributed by atoms with Gasteiger partial charge in [-0.2, -0.15) is 5.10 Å². The van der Waals surface area contributed by atoms with Crippen LogP contribution in [0.3, 0.4) is 0 Å². The highest BCUT2D eigenvalue weighted by Gasteiger charge is 2.19. The van der Waals surface area contributed by atoms with E-state index < -0.39 is 11.8 Å². The van der Waals surface area contributed by atoms with Crippen molar-refractivity contribution in [3.8, 4) is 0 Å². The van der Waals surface area contributed by atoms with Crippen molar-refractivity contribution in [2.24, 2.45) is 5.73 Å². The van der Waals surface area contributed by atoms with Crippen molar-refractivity contribution >= 4 is 23.2 Å². The molecule has 2 rings (SSSR count). The molecule has 2 aromatic rings. The highest BCUT2D eigenvalue weighted by molar-refractivity contribution is 6.07. The number of nitrogens with one attached hydrogen (secondary N) is 2. The molecule has 0 spiro atoms. The zero-order valence-electron chi connectivity index (χ0n) is 11.8. The summed E-state index contributed by atoms with van der Waals surface area (Å²) in [5.41, 5.74) is 13.0. The van der Waals surface area contributed by atoms with E-state index in [1.807, 2.05) is 13.8 Å². The number of nitrogens with two attached hydrogens (primary N) is 2. The summed E-state index contributed by atoms with van der Waals surface area (Å²) in [7, 11) is 0. The molecule has 7 nitrogen and oxygen atoms in total. The fourth-order valence-electron chi connectivity index (χ4n) is 1.92. The normalized spacial score (nSPS) is 10.6. The van der Waals surface area contributed by atoms with Crippen LogP contribution in [0, 0.1) is 0 Å². The topological polar surface area (TPSA) is 127 Å². The minimum atomic E-state index is -0.563. The number of rotatable bonds is 4. The highest BCUT2D eigenvalue weighted by Crippen LogP contribution is 2.23. The molecule has 110 valence electrons. The van der Waals surface area contributed by atoms with Gasteiger partial charge in [0, 0.05) is 11.3 Å². The van der Waals surface area contributed by atoms with Crippen LogP contribution in [-0.2, 0) is 0 Å². The van der Waals surface area contributed by atoms with Gasteiger partial charge in [0.15, 0.2) is 5.69 Å². The first-order chi connectivity index (χ1) is 9.90. The average Bonchev–Trinajstić information content (AvgIpc) is 2.81. The molecule has 0 atom stereocenters. The van der Waals surface area contributed by atoms with Crippen LogP contribution in [-0.4, -0.2) is 22.0 Å². The predicted octanol–water partition coefficient (Wildman–Crippen LogP) is 1.47. The van der Waals surface area contributed by atoms with Crippen molar-refractivity contribution in [3.05, 3.63) is 41.2 Å². The number of hydrogen-bond donors (Lipinski definition) is 4. The Morgan fingerprint density at radius 2 is 2.05 bits per heavy atom. The van der Waals surface area contributed by atoms with Gasteiger partial charge in [-0.15, -0.1) is 0 Å². The number of primary amides is 1. The SMILES string of the molecule is CC(C)c1[nH]nc(C(=O)Nc2cccc(C(N)=O)c2)c1N. The molecule has 6 N–H and O–H groups in total. The van der Waals surface area contributed by atoms with E-state index in [-0.39, 0.29) is 11.6 Å². The van der Waals surface area contributed by atoms with E-state index in [0.717, 1.165) is 0 Å². The van der Waals surface area contributed by atoms with Gasteiger partial charge in [-0.3, -0.25) is 14.7 Å². The summed E-state index contributed by atoms with van der Waals surface area (Å²) >= 11 is 0. The maximum absolute atomic E-state index is 12.2. The minimum absolute atomic E-state index is 0.128. The summed E-state index contributed by atoms with van der Waals surface area (Å²) in [6, 6.07) is 6.34. The lowest BCUT2D eigenvalue weighted by atomic mass is 10.1. The molecule has 0 bridgehead atoms. The molecule has 7 heteroatoms. The predicted molar refractivity (Wildman–Crippen MR) is 80.0 cm³/mol. The monoisotopic (exact) mass is 287 g/mol. The molecule has 21 heavy (non-hydrogen) atoms. The molecule has 2 amide bonds. The highest BCUT2D eigenvalue weighted by atomic mass is 16.2. The lowest BCUT2D eigenvalue weighted by molar-refractivity contribution is 0.0995. The van der Waals surface area contributed by atoms with Crippen LogP contribution in [0.1, 0.15) is 46.3 Å². The second-order valence-corrected chi connectivity index (χ2v) is 4.95. The number of carbonyl (C=O) groups excluding carboxylic acids is 2. The van der Waals surface area contributed by atoms with Gasteiger partial charge in [-0.1, -0.05) is 19.9 Å². The van der Waals surface area contributed by atoms with Gasteiger partial charge in [0.05, 0.1) is 11.4 Å². The first-order valence-corrected chi connectivity index (χ1v) is 6.45. The van der Waals surface area contributed by atoms with Crippen LogP contribution >= 0.6 is 0 Å². The Kier molecular flexibility index (Phi) is 3.93. The Hall–Kier alpha value is -2.83. The molecule has 0 radical (unpaired) electrons. The number of nitrogen functional groups attached to an aromatic ring is 1. The molecule has 0 aliphatic rings. The molecule has 1 aromatic heterocycles. The smallest absolute Gasteiger partial charge is 0.278 e. The third-order valence-corrected chi connectivity index (χ3v) is 3.03. The molecule has 0 fully saturated rings. The largest absolute Gasteiger partial charge is 0.395 e. The van der Waals surface area contributed by atoms with Gasteiger partial charge < -0.3 is 16.8 Å². The van der Waals surface area contributed by atoms with E-state index in [4.69, 9.17) is 11.5 Å². The summed E-state index contributed by atoms with van der Waals surface area (Å²) in [4.78, 5) is 23.3. The molecule has 1 heterocycles. The molecule has 0 saturated heterocycles. The molecule has 0 unspecified atom stereocenters. The van der Waals surface area contributed by atoms with Gasteiger partial charge in [0.1, 0.15) is 0 Å². The second kappa shape index (κ2) is 5.66. The fourth-order valence-corrected chi connectivity index (χ4v) is 1.92. The number of H-pyrrole nitrogens is 1. The molecule has 0 saturated carbocycles. The maximum Gasteiger partial charge on any atom is 0.278 e. The second-order valence-electron chi connectivity index (χ2n) is 4.95. The Labute approximate surface area is 121 Å². The van der Waals surface area contributed by atoms with Crippen LogP contribution in [0.4, 0.5) is 11.4 Å². The van der Waals surface area contributed by atoms with Gasteiger partial charge in [-0.05, 0) is 24.1 Å². The third-order valence-electron chi connectivity index (χ3n) is 3.03. The van der Waals surface area contributed by atoms with E-state index >= 15 is 0 Å². The van der Waals surface area contributed by atoms with E-state index in [2.05, 4.69) is 15.5 Å². The first kappa shape index (κ1) is 14.6. The van der Waals surface area contributed by atoms with Gasteiger partial charge >= 0.3 is 0 Å². The van der Waals surface area contributed by atoms with Crippen molar-refractivity contribution in [1.82, 2.24) is 10.2 Å². The third kappa shape index (κ3) is 3.02. The van der Waals surface area contributed by atoms with Crippen molar-refractivity contribution in [1.29, 1.82) is 0 Å². The maximum atomic E-state index is 12.2. The molecular weight excluding hydrogens is 270 g/mol. The van der Waals surface area contributed by atoms with Crippen LogP contribution in [0.5, 0.6) is 0 Å². The lowest BCUT2D eigenvalue weighted by Crippen LogP contribution is -2.16. The van der Waals surface area contributed by atoms with E-state index in [1.54, 1.807) is 18.2 Å². The Bertz CT molecular complexity index is 690. The molecule has 0 aliphatic carbocycles. The standard InChI is InChI=1S/C14H17N5O2/c1-7(2)11-10(15)12(19-18-11)14(21)17-9-5-3-4-8(6-9)13(16)20/h3-7H,15H2,1-2H3,(H2,16,20)(H,17,21)(H,18,19). The van der Waals surface area contributed by atoms with Crippen LogP contribution in [0.15, 0.2) is 24.3 Å². The summed E-state index contributed by atoms with van der Waals surface area (Å²) in [5.74, 6) is -0.873. The number of amides is 2. The first-order valence-electron chi connectivity index (χ1n) is 6.45. The van der Waals surface area contributed by atoms with Crippen LogP contribution in [0.25, 0.3) is 0 Å². The zero-order chi connectivity index (χ0) is 15.6. The van der Waals surface area contributed by atoms with E-state index in [0.29, 0.717) is 22.6 Å².